The summed E-state index contributed by atoms with van der Waals surface area (Å²) in [7, 11) is 3.13. The molecular formula is C22H25NO7. The predicted octanol–water partition coefficient (Wildman–Crippen LogP) is 2.98. The molecule has 8 nitrogen and oxygen atoms in total. The van der Waals surface area contributed by atoms with Gasteiger partial charge in [0.15, 0.2) is 18.1 Å². The zero-order chi connectivity index (χ0) is 21.3. The third-order valence-corrected chi connectivity index (χ3v) is 4.42. The lowest BCUT2D eigenvalue weighted by atomic mass is 10.1. The molecule has 0 bridgehead atoms. The topological polar surface area (TPSA) is 92.3 Å². The minimum Gasteiger partial charge on any atom is -0.497 e. The Balaban J connectivity index is 1.46. The smallest absolute Gasteiger partial charge is 0.306 e. The summed E-state index contributed by atoms with van der Waals surface area (Å²) in [6, 6.07) is 10.6. The third kappa shape index (κ3) is 6.04. The maximum absolute atomic E-state index is 12.1. The van der Waals surface area contributed by atoms with Crippen molar-refractivity contribution in [3.63, 3.8) is 0 Å². The first-order valence-corrected chi connectivity index (χ1v) is 9.64. The van der Waals surface area contributed by atoms with E-state index >= 15 is 0 Å². The number of methoxy groups -OCH3 is 2. The molecule has 30 heavy (non-hydrogen) atoms. The highest BCUT2D eigenvalue weighted by Gasteiger charge is 2.13. The van der Waals surface area contributed by atoms with E-state index in [-0.39, 0.29) is 13.0 Å². The van der Waals surface area contributed by atoms with Crippen LogP contribution in [0.5, 0.6) is 23.0 Å². The van der Waals surface area contributed by atoms with Crippen LogP contribution in [-0.2, 0) is 20.7 Å². The van der Waals surface area contributed by atoms with Gasteiger partial charge in [-0.1, -0.05) is 0 Å². The molecule has 0 spiro atoms. The molecule has 3 rings (SSSR count). The zero-order valence-electron chi connectivity index (χ0n) is 17.1. The van der Waals surface area contributed by atoms with Crippen LogP contribution >= 0.6 is 0 Å². The van der Waals surface area contributed by atoms with Crippen LogP contribution in [0, 0.1) is 0 Å². The van der Waals surface area contributed by atoms with Crippen molar-refractivity contribution in [3.05, 3.63) is 42.0 Å². The van der Waals surface area contributed by atoms with Crippen LogP contribution in [-0.4, -0.2) is 45.9 Å². The summed E-state index contributed by atoms with van der Waals surface area (Å²) in [6.07, 6.45) is 1.37. The van der Waals surface area contributed by atoms with Crippen molar-refractivity contribution >= 4 is 17.6 Å². The molecule has 2 aromatic rings. The number of hydrogen-bond acceptors (Lipinski definition) is 7. The number of nitrogens with one attached hydrogen (secondary N) is 1. The number of rotatable bonds is 8. The molecule has 0 atom stereocenters. The normalized spacial score (nSPS) is 12.5. The molecule has 0 unspecified atom stereocenters. The van der Waals surface area contributed by atoms with E-state index in [0.717, 1.165) is 12.0 Å². The Morgan fingerprint density at radius 3 is 2.37 bits per heavy atom. The van der Waals surface area contributed by atoms with Crippen molar-refractivity contribution in [2.75, 3.05) is 39.4 Å². The van der Waals surface area contributed by atoms with Crippen molar-refractivity contribution < 1.29 is 33.3 Å². The molecule has 1 heterocycles. The lowest BCUT2D eigenvalue weighted by Gasteiger charge is -2.11. The predicted molar refractivity (Wildman–Crippen MR) is 110 cm³/mol. The maximum atomic E-state index is 12.1. The minimum atomic E-state index is -0.467. The molecule has 1 aliphatic rings. The Kier molecular flexibility index (Phi) is 7.37. The summed E-state index contributed by atoms with van der Waals surface area (Å²) in [5.74, 6) is 1.62. The van der Waals surface area contributed by atoms with E-state index < -0.39 is 11.9 Å². The molecule has 0 aliphatic carbocycles. The van der Waals surface area contributed by atoms with Crippen LogP contribution in [0.1, 0.15) is 18.4 Å². The van der Waals surface area contributed by atoms with Crippen molar-refractivity contribution in [1.82, 2.24) is 0 Å². The Morgan fingerprint density at radius 2 is 1.67 bits per heavy atom. The van der Waals surface area contributed by atoms with Gasteiger partial charge in [-0.15, -0.1) is 0 Å². The summed E-state index contributed by atoms with van der Waals surface area (Å²) >= 11 is 0. The second-order valence-corrected chi connectivity index (χ2v) is 6.64. The number of esters is 1. The van der Waals surface area contributed by atoms with E-state index in [9.17, 15) is 9.59 Å². The average Bonchev–Trinajstić information content (AvgIpc) is 3.01. The number of carbonyl (C=O) groups is 2. The molecule has 0 saturated carbocycles. The van der Waals surface area contributed by atoms with E-state index in [0.29, 0.717) is 48.3 Å². The maximum Gasteiger partial charge on any atom is 0.306 e. The first-order chi connectivity index (χ1) is 14.6. The Labute approximate surface area is 175 Å². The molecule has 0 saturated heterocycles. The summed E-state index contributed by atoms with van der Waals surface area (Å²) in [5, 5.41) is 2.69. The van der Waals surface area contributed by atoms with Crippen LogP contribution in [0.2, 0.25) is 0 Å². The largest absolute Gasteiger partial charge is 0.497 e. The summed E-state index contributed by atoms with van der Waals surface area (Å²) in [4.78, 5) is 24.1. The van der Waals surface area contributed by atoms with Gasteiger partial charge in [-0.2, -0.15) is 0 Å². The average molecular weight is 415 g/mol. The highest BCUT2D eigenvalue weighted by molar-refractivity contribution is 5.93. The fourth-order valence-electron chi connectivity index (χ4n) is 2.91. The Morgan fingerprint density at radius 1 is 0.967 bits per heavy atom. The van der Waals surface area contributed by atoms with Gasteiger partial charge in [0.05, 0.1) is 27.4 Å². The highest BCUT2D eigenvalue weighted by Crippen LogP contribution is 2.32. The zero-order valence-corrected chi connectivity index (χ0v) is 17.1. The Bertz CT molecular complexity index is 875. The van der Waals surface area contributed by atoms with Crippen LogP contribution in [0.25, 0.3) is 0 Å². The number of hydrogen-bond donors (Lipinski definition) is 1. The van der Waals surface area contributed by atoms with Gasteiger partial charge in [-0.05, 0) is 36.2 Å². The number of aryl methyl sites for hydroxylation is 1. The van der Waals surface area contributed by atoms with E-state index in [2.05, 4.69) is 5.32 Å². The lowest BCUT2D eigenvalue weighted by Crippen LogP contribution is -2.21. The highest BCUT2D eigenvalue weighted by atomic mass is 16.5. The van der Waals surface area contributed by atoms with Gasteiger partial charge in [0.2, 0.25) is 0 Å². The van der Waals surface area contributed by atoms with Gasteiger partial charge in [0, 0.05) is 30.7 Å². The molecule has 2 aromatic carbocycles. The number of carbonyl (C=O) groups excluding carboxylic acids is 2. The van der Waals surface area contributed by atoms with Gasteiger partial charge in [-0.25, -0.2) is 0 Å². The minimum absolute atomic E-state index is 0.133. The van der Waals surface area contributed by atoms with Crippen molar-refractivity contribution in [2.24, 2.45) is 0 Å². The number of ether oxygens (including phenoxy) is 5. The van der Waals surface area contributed by atoms with Crippen molar-refractivity contribution in [3.8, 4) is 23.0 Å². The van der Waals surface area contributed by atoms with Gasteiger partial charge in [0.1, 0.15) is 11.5 Å². The second-order valence-electron chi connectivity index (χ2n) is 6.64. The monoisotopic (exact) mass is 415 g/mol. The summed E-state index contributed by atoms with van der Waals surface area (Å²) < 4.78 is 26.7. The number of fused-ring (bicyclic) bond motifs is 1. The molecule has 0 aromatic heterocycles. The molecule has 8 heteroatoms. The van der Waals surface area contributed by atoms with Crippen molar-refractivity contribution in [2.45, 2.75) is 19.3 Å². The Hall–Kier alpha value is -3.42. The third-order valence-electron chi connectivity index (χ3n) is 4.42. The number of amides is 1. The lowest BCUT2D eigenvalue weighted by molar-refractivity contribution is -0.147. The molecule has 1 N–H and O–H groups in total. The van der Waals surface area contributed by atoms with E-state index in [1.807, 2.05) is 12.1 Å². The molecule has 1 amide bonds. The number of benzene rings is 2. The van der Waals surface area contributed by atoms with Crippen LogP contribution in [0.3, 0.4) is 0 Å². The van der Waals surface area contributed by atoms with Crippen LogP contribution in [0.15, 0.2) is 36.4 Å². The van der Waals surface area contributed by atoms with Gasteiger partial charge < -0.3 is 29.0 Å². The fraction of sp³-hybridized carbons (Fsp3) is 0.364. The van der Waals surface area contributed by atoms with Crippen LogP contribution in [0.4, 0.5) is 5.69 Å². The second kappa shape index (κ2) is 10.4. The molecule has 1 aliphatic heterocycles. The van der Waals surface area contributed by atoms with Gasteiger partial charge in [0.25, 0.3) is 5.91 Å². The van der Waals surface area contributed by atoms with Gasteiger partial charge in [-0.3, -0.25) is 9.59 Å². The SMILES string of the molecule is COc1cc(CCC(=O)OCC(=O)Nc2ccc3c(c2)OCCCO3)cc(OC)c1. The first kappa shape index (κ1) is 21.3. The van der Waals surface area contributed by atoms with Crippen LogP contribution < -0.4 is 24.3 Å². The first-order valence-electron chi connectivity index (χ1n) is 9.64. The van der Waals surface area contributed by atoms with E-state index in [1.54, 1.807) is 38.5 Å². The standard InChI is InChI=1S/C22H25NO7/c1-26-17-10-15(11-18(13-17)27-2)4-7-22(25)30-14-21(24)23-16-5-6-19-20(12-16)29-9-3-8-28-19/h5-6,10-13H,3-4,7-9,14H2,1-2H3,(H,23,24). The van der Waals surface area contributed by atoms with Crippen molar-refractivity contribution in [1.29, 1.82) is 0 Å². The summed E-state index contributed by atoms with van der Waals surface area (Å²) in [6.45, 7) is 0.785. The molecular weight excluding hydrogens is 390 g/mol. The molecule has 0 fully saturated rings. The summed E-state index contributed by atoms with van der Waals surface area (Å²) in [5.41, 5.74) is 1.42. The van der Waals surface area contributed by atoms with Gasteiger partial charge >= 0.3 is 5.97 Å². The quantitative estimate of drug-likeness (QED) is 0.663. The fourth-order valence-corrected chi connectivity index (χ4v) is 2.91. The number of anilines is 1. The van der Waals surface area contributed by atoms with E-state index in [4.69, 9.17) is 23.7 Å². The molecule has 0 radical (unpaired) electrons. The molecule has 160 valence electrons. The van der Waals surface area contributed by atoms with E-state index in [1.165, 1.54) is 0 Å².